The van der Waals surface area contributed by atoms with Crippen molar-refractivity contribution in [1.82, 2.24) is 0 Å². The van der Waals surface area contributed by atoms with Crippen LogP contribution in [-0.2, 0) is 9.84 Å². The number of hydrogen-bond acceptors (Lipinski definition) is 2. The van der Waals surface area contributed by atoms with Gasteiger partial charge in [-0.1, -0.05) is 121 Å². The Balaban J connectivity index is 1.43. The fourth-order valence-corrected chi connectivity index (χ4v) is 9.51. The van der Waals surface area contributed by atoms with E-state index in [4.69, 9.17) is 0 Å². The van der Waals surface area contributed by atoms with Crippen molar-refractivity contribution >= 4 is 96.0 Å². The highest BCUT2D eigenvalue weighted by Gasteiger charge is 2.28. The predicted octanol–water partition coefficient (Wildman–Crippen LogP) is 10.6. The van der Waals surface area contributed by atoms with Gasteiger partial charge in [0.1, 0.15) is 0 Å². The molecule has 0 saturated carbocycles. The molecule has 0 N–H and O–H groups in total. The lowest BCUT2D eigenvalue weighted by Gasteiger charge is -2.20. The Morgan fingerprint density at radius 3 is 0.953 bits per heavy atom. The van der Waals surface area contributed by atoms with Gasteiger partial charge in [0.25, 0.3) is 0 Å². The maximum atomic E-state index is 15.2. The molecule has 0 aromatic heterocycles. The molecule has 0 bridgehead atoms. The molecule has 0 spiro atoms. The summed E-state index contributed by atoms with van der Waals surface area (Å²) in [6.07, 6.45) is 0. The van der Waals surface area contributed by atoms with E-state index in [1.165, 1.54) is 0 Å². The first-order chi connectivity index (χ1) is 21.1. The Hall–Kier alpha value is -5.25. The zero-order chi connectivity index (χ0) is 28.4. The van der Waals surface area contributed by atoms with Crippen molar-refractivity contribution in [3.63, 3.8) is 0 Å². The van der Waals surface area contributed by atoms with Crippen LogP contribution in [0.2, 0.25) is 0 Å². The summed E-state index contributed by atoms with van der Waals surface area (Å²) in [4.78, 5) is 0.710. The van der Waals surface area contributed by atoms with Gasteiger partial charge in [0.05, 0.1) is 9.79 Å². The quantitative estimate of drug-likeness (QED) is 0.154. The van der Waals surface area contributed by atoms with Gasteiger partial charge in [-0.25, -0.2) is 8.42 Å². The molecule has 3 heteroatoms. The number of fused-ring (bicyclic) bond motifs is 4. The second kappa shape index (κ2) is 7.97. The van der Waals surface area contributed by atoms with Crippen molar-refractivity contribution < 1.29 is 8.42 Å². The Bertz CT molecular complexity index is 2700. The Labute approximate surface area is 247 Å². The first kappa shape index (κ1) is 23.3. The van der Waals surface area contributed by atoms with Crippen LogP contribution in [-0.4, -0.2) is 8.42 Å². The molecule has 200 valence electrons. The fourth-order valence-electron chi connectivity index (χ4n) is 7.82. The van der Waals surface area contributed by atoms with Crippen molar-refractivity contribution in [3.05, 3.63) is 133 Å². The summed E-state index contributed by atoms with van der Waals surface area (Å²) in [6, 6.07) is 45.3. The van der Waals surface area contributed by atoms with E-state index < -0.39 is 9.84 Å². The third-order valence-electron chi connectivity index (χ3n) is 9.52. The average Bonchev–Trinajstić information content (AvgIpc) is 3.05. The summed E-state index contributed by atoms with van der Waals surface area (Å²) in [5, 5.41) is 16.5. The van der Waals surface area contributed by atoms with Crippen LogP contribution in [0.4, 0.5) is 0 Å². The Kier molecular flexibility index (Phi) is 4.33. The summed E-state index contributed by atoms with van der Waals surface area (Å²) in [6.45, 7) is 0. The van der Waals surface area contributed by atoms with Gasteiger partial charge in [0, 0.05) is 10.8 Å². The Morgan fingerprint density at radius 1 is 0.279 bits per heavy atom. The van der Waals surface area contributed by atoms with Crippen LogP contribution in [0.3, 0.4) is 0 Å². The monoisotopic (exact) mass is 566 g/mol. The first-order valence-electron chi connectivity index (χ1n) is 14.5. The first-order valence-corrected chi connectivity index (χ1v) is 16.0. The molecule has 0 saturated heterocycles. The summed E-state index contributed by atoms with van der Waals surface area (Å²) in [7, 11) is -3.97. The van der Waals surface area contributed by atoms with Crippen molar-refractivity contribution in [2.24, 2.45) is 0 Å². The molecule has 10 aromatic rings. The third-order valence-corrected chi connectivity index (χ3v) is 11.4. The fraction of sp³-hybridized carbons (Fsp3) is 0. The van der Waals surface area contributed by atoms with Gasteiger partial charge in [-0.15, -0.1) is 0 Å². The number of sulfone groups is 1. The molecule has 2 nitrogen and oxygen atoms in total. The lowest BCUT2D eigenvalue weighted by atomic mass is 9.90. The lowest BCUT2D eigenvalue weighted by Crippen LogP contribution is -2.05. The molecule has 0 radical (unpaired) electrons. The molecule has 0 aliphatic rings. The van der Waals surface area contributed by atoms with Gasteiger partial charge in [0.2, 0.25) is 9.84 Å². The summed E-state index contributed by atoms with van der Waals surface area (Å²) < 4.78 is 30.4. The Morgan fingerprint density at radius 2 is 0.581 bits per heavy atom. The lowest BCUT2D eigenvalue weighted by molar-refractivity contribution is 0.598. The molecule has 0 aliphatic carbocycles. The maximum Gasteiger partial charge on any atom is 0.207 e. The van der Waals surface area contributed by atoms with E-state index in [2.05, 4.69) is 97.1 Å². The summed E-state index contributed by atoms with van der Waals surface area (Å²) in [5.74, 6) is 0. The minimum absolute atomic E-state index is 0.355. The zero-order valence-electron chi connectivity index (χ0n) is 22.9. The molecule has 0 heterocycles. The van der Waals surface area contributed by atoms with Crippen LogP contribution in [0.15, 0.2) is 143 Å². The number of rotatable bonds is 2. The van der Waals surface area contributed by atoms with Crippen molar-refractivity contribution in [2.45, 2.75) is 9.79 Å². The predicted molar refractivity (Wildman–Crippen MR) is 181 cm³/mol. The van der Waals surface area contributed by atoms with E-state index in [0.29, 0.717) is 9.79 Å². The van der Waals surface area contributed by atoms with E-state index in [1.807, 2.05) is 36.4 Å². The van der Waals surface area contributed by atoms with Gasteiger partial charge in [0.15, 0.2) is 0 Å². The molecule has 0 unspecified atom stereocenters. The van der Waals surface area contributed by atoms with Crippen LogP contribution >= 0.6 is 0 Å². The molecular weight excluding hydrogens is 545 g/mol. The highest BCUT2D eigenvalue weighted by molar-refractivity contribution is 7.92. The maximum absolute atomic E-state index is 15.2. The van der Waals surface area contributed by atoms with E-state index >= 15 is 8.42 Å². The molecule has 43 heavy (non-hydrogen) atoms. The van der Waals surface area contributed by atoms with Gasteiger partial charge < -0.3 is 0 Å². The molecule has 0 fully saturated rings. The van der Waals surface area contributed by atoms with E-state index in [-0.39, 0.29) is 0 Å². The molecule has 0 aliphatic heterocycles. The molecule has 10 rings (SSSR count). The SMILES string of the molecule is O=S(=O)(c1ccc2cccc3c4cccc5cccc(c1c23)c54)c1ccc2cccc3c4cccc5cccc(c1c23)c54. The van der Waals surface area contributed by atoms with Crippen LogP contribution in [0.25, 0.3) is 86.2 Å². The summed E-state index contributed by atoms with van der Waals surface area (Å²) >= 11 is 0. The molecule has 10 aromatic carbocycles. The highest BCUT2D eigenvalue weighted by Crippen LogP contribution is 2.47. The van der Waals surface area contributed by atoms with Crippen LogP contribution < -0.4 is 0 Å². The average molecular weight is 567 g/mol. The molecule has 0 atom stereocenters. The number of hydrogen-bond donors (Lipinski definition) is 0. The van der Waals surface area contributed by atoms with Crippen LogP contribution in [0, 0.1) is 0 Å². The van der Waals surface area contributed by atoms with Gasteiger partial charge in [-0.2, -0.15) is 0 Å². The molecule has 0 amide bonds. The smallest absolute Gasteiger partial charge is 0.207 e. The largest absolute Gasteiger partial charge is 0.218 e. The van der Waals surface area contributed by atoms with E-state index in [9.17, 15) is 0 Å². The van der Waals surface area contributed by atoms with Gasteiger partial charge in [-0.05, 0) is 87.5 Å². The summed E-state index contributed by atoms with van der Waals surface area (Å²) in [5.41, 5.74) is 0. The minimum atomic E-state index is -3.97. The number of benzene rings is 10. The normalized spacial score (nSPS) is 12.8. The standard InChI is InChI=1S/C40H22O2S/c41-43(42,33-21-19-25-11-3-15-29-27-13-1-7-23-9-5-17-31(35(23)27)39(33)37(25)29)34-22-20-26-12-4-16-30-28-14-2-8-24-10-6-18-32(36(24)28)40(34)38(26)30/h1-22H. The topological polar surface area (TPSA) is 34.1 Å². The van der Waals surface area contributed by atoms with Crippen LogP contribution in [0.1, 0.15) is 0 Å². The zero-order valence-corrected chi connectivity index (χ0v) is 23.7. The second-order valence-corrected chi connectivity index (χ2v) is 13.5. The van der Waals surface area contributed by atoms with Crippen molar-refractivity contribution in [1.29, 1.82) is 0 Å². The minimum Gasteiger partial charge on any atom is -0.218 e. The second-order valence-electron chi connectivity index (χ2n) is 11.6. The van der Waals surface area contributed by atoms with Gasteiger partial charge in [-0.3, -0.25) is 0 Å². The van der Waals surface area contributed by atoms with E-state index in [0.717, 1.165) is 86.2 Å². The molecular formula is C40H22O2S. The van der Waals surface area contributed by atoms with Crippen molar-refractivity contribution in [3.8, 4) is 0 Å². The highest BCUT2D eigenvalue weighted by atomic mass is 32.2. The van der Waals surface area contributed by atoms with E-state index in [1.54, 1.807) is 0 Å². The third kappa shape index (κ3) is 2.85. The van der Waals surface area contributed by atoms with Crippen LogP contribution in [0.5, 0.6) is 0 Å². The van der Waals surface area contributed by atoms with Crippen molar-refractivity contribution in [2.75, 3.05) is 0 Å². The van der Waals surface area contributed by atoms with Gasteiger partial charge >= 0.3 is 0 Å².